The van der Waals surface area contributed by atoms with Gasteiger partial charge in [0.05, 0.1) is 5.39 Å². The number of ketones is 1. The number of nitrogens with one attached hydrogen (secondary N) is 1. The molecule has 0 fully saturated rings. The van der Waals surface area contributed by atoms with Gasteiger partial charge in [0.25, 0.3) is 11.5 Å². The molecular weight excluding hydrogens is 310 g/mol. The highest BCUT2D eigenvalue weighted by Crippen LogP contribution is 2.26. The number of aliphatic carboxylic acids is 1. The quantitative estimate of drug-likeness (QED) is 0.686. The molecule has 124 valence electrons. The van der Waals surface area contributed by atoms with E-state index >= 15 is 0 Å². The minimum atomic E-state index is -1.09. The van der Waals surface area contributed by atoms with Crippen LogP contribution in [0.4, 0.5) is 8.78 Å². The van der Waals surface area contributed by atoms with Crippen molar-refractivity contribution in [3.05, 3.63) is 45.4 Å². The molecule has 0 aliphatic heterocycles. The molecule has 1 aromatic heterocycles. The Morgan fingerprint density at radius 2 is 1.65 bits per heavy atom. The summed E-state index contributed by atoms with van der Waals surface area (Å²) in [5.41, 5.74) is 0.363. The van der Waals surface area contributed by atoms with Gasteiger partial charge in [-0.05, 0) is 25.0 Å². The second-order valence-corrected chi connectivity index (χ2v) is 4.92. The number of aromatic nitrogens is 1. The largest absolute Gasteiger partial charge is 0.481 e. The van der Waals surface area contributed by atoms with Crippen LogP contribution < -0.4 is 11.7 Å². The number of pyridine rings is 1. The molecule has 0 bridgehead atoms. The molecule has 0 amide bonds. The Morgan fingerprint density at radius 3 is 2.22 bits per heavy atom. The first-order valence-corrected chi connectivity index (χ1v) is 6.58. The number of carbonyl (C=O) groups is 2. The Bertz CT molecular complexity index is 826. The molecule has 0 unspecified atom stereocenters. The van der Waals surface area contributed by atoms with Crippen LogP contribution in [0.2, 0.25) is 0 Å². The normalized spacial score (nSPS) is 12.7. The zero-order valence-electron chi connectivity index (χ0n) is 12.4. The lowest BCUT2D eigenvalue weighted by atomic mass is 9.91. The third kappa shape index (κ3) is 3.78. The molecule has 1 heterocycles. The summed E-state index contributed by atoms with van der Waals surface area (Å²) < 4.78 is 26.4. The van der Waals surface area contributed by atoms with Crippen molar-refractivity contribution in [1.82, 2.24) is 11.1 Å². The second kappa shape index (κ2) is 7.10. The maximum Gasteiger partial charge on any atom is 0.300 e. The maximum atomic E-state index is 13.3. The van der Waals surface area contributed by atoms with Crippen LogP contribution in [0.25, 0.3) is 10.8 Å². The Morgan fingerprint density at radius 1 is 1.13 bits per heavy atom. The van der Waals surface area contributed by atoms with E-state index in [0.29, 0.717) is 30.5 Å². The molecule has 8 heteroatoms. The number of aryl methyl sites for hydroxylation is 1. The summed E-state index contributed by atoms with van der Waals surface area (Å²) in [6, 6.07) is 1.77. The molecule has 1 aliphatic rings. The van der Waals surface area contributed by atoms with Gasteiger partial charge < -0.3 is 16.2 Å². The standard InChI is InChI=1S/C13H9F2NO2.C2H4O2.H3N/c14-8-4-6-7(5-9(8)15)13(18)16-10-2-1-3-11(17)12(6)10;1-2(3)4;/h4-5H,1-3H2,(H,16,18);1H3,(H,3,4);1H3. The van der Waals surface area contributed by atoms with Crippen LogP contribution in [0.5, 0.6) is 0 Å². The first-order valence-electron chi connectivity index (χ1n) is 6.58. The molecule has 0 spiro atoms. The topological polar surface area (TPSA) is 122 Å². The number of carboxylic acid groups (broad SMARTS) is 1. The van der Waals surface area contributed by atoms with Gasteiger partial charge in [-0.15, -0.1) is 0 Å². The van der Waals surface area contributed by atoms with Gasteiger partial charge in [0.15, 0.2) is 17.4 Å². The van der Waals surface area contributed by atoms with Crippen LogP contribution >= 0.6 is 0 Å². The van der Waals surface area contributed by atoms with Crippen molar-refractivity contribution in [1.29, 1.82) is 0 Å². The van der Waals surface area contributed by atoms with Crippen LogP contribution in [0.3, 0.4) is 0 Å². The van der Waals surface area contributed by atoms with E-state index in [-0.39, 0.29) is 22.7 Å². The average Bonchev–Trinajstić information content (AvgIpc) is 2.40. The molecule has 0 radical (unpaired) electrons. The van der Waals surface area contributed by atoms with Gasteiger partial charge in [-0.25, -0.2) is 8.78 Å². The van der Waals surface area contributed by atoms with Gasteiger partial charge >= 0.3 is 0 Å². The highest BCUT2D eigenvalue weighted by atomic mass is 19.2. The number of aromatic amines is 1. The predicted octanol–water partition coefficient (Wildman–Crippen LogP) is 2.58. The monoisotopic (exact) mass is 326 g/mol. The van der Waals surface area contributed by atoms with E-state index in [4.69, 9.17) is 9.90 Å². The highest BCUT2D eigenvalue weighted by molar-refractivity contribution is 6.09. The number of rotatable bonds is 0. The SMILES string of the molecule is CC(=O)O.N.O=C1CCCc2[nH]c(=O)c3cc(F)c(F)cc3c21. The Kier molecular flexibility index (Phi) is 5.69. The Labute approximate surface area is 129 Å². The summed E-state index contributed by atoms with van der Waals surface area (Å²) >= 11 is 0. The fraction of sp³-hybridized carbons (Fsp3) is 0.267. The van der Waals surface area contributed by atoms with Crippen LogP contribution in [-0.2, 0) is 11.2 Å². The number of hydrogen-bond acceptors (Lipinski definition) is 4. The van der Waals surface area contributed by atoms with Crippen molar-refractivity contribution >= 4 is 22.5 Å². The minimum Gasteiger partial charge on any atom is -0.481 e. The molecule has 0 saturated carbocycles. The number of carbonyl (C=O) groups excluding carboxylic acids is 1. The first-order chi connectivity index (χ1) is 10.3. The number of H-pyrrole nitrogens is 1. The molecule has 23 heavy (non-hydrogen) atoms. The number of fused-ring (bicyclic) bond motifs is 3. The summed E-state index contributed by atoms with van der Waals surface area (Å²) in [5.74, 6) is -3.10. The number of Topliss-reactive ketones (excluding diaryl/α,β-unsaturated/α-hetero) is 1. The smallest absolute Gasteiger partial charge is 0.300 e. The Balaban J connectivity index is 0.000000478. The zero-order valence-corrected chi connectivity index (χ0v) is 12.4. The predicted molar refractivity (Wildman–Crippen MR) is 80.1 cm³/mol. The van der Waals surface area contributed by atoms with E-state index in [2.05, 4.69) is 4.98 Å². The lowest BCUT2D eigenvalue weighted by molar-refractivity contribution is -0.134. The first kappa shape index (κ1) is 18.4. The summed E-state index contributed by atoms with van der Waals surface area (Å²) in [6.45, 7) is 1.08. The number of benzene rings is 1. The lowest BCUT2D eigenvalue weighted by Gasteiger charge is -2.16. The summed E-state index contributed by atoms with van der Waals surface area (Å²) in [4.78, 5) is 35.2. The fourth-order valence-corrected chi connectivity index (χ4v) is 2.43. The van der Waals surface area contributed by atoms with E-state index in [0.717, 1.165) is 19.1 Å². The lowest BCUT2D eigenvalue weighted by Crippen LogP contribution is -2.20. The third-order valence-electron chi connectivity index (χ3n) is 3.25. The zero-order chi connectivity index (χ0) is 16.4. The highest BCUT2D eigenvalue weighted by Gasteiger charge is 2.22. The van der Waals surface area contributed by atoms with Crippen LogP contribution in [-0.4, -0.2) is 21.8 Å². The van der Waals surface area contributed by atoms with E-state index < -0.39 is 23.2 Å². The van der Waals surface area contributed by atoms with Crippen molar-refractivity contribution in [2.24, 2.45) is 0 Å². The summed E-state index contributed by atoms with van der Waals surface area (Å²) in [5, 5.41) is 7.64. The van der Waals surface area contributed by atoms with E-state index in [1.54, 1.807) is 0 Å². The van der Waals surface area contributed by atoms with Gasteiger partial charge in [0.1, 0.15) is 0 Å². The minimum absolute atomic E-state index is 0. The molecule has 0 saturated heterocycles. The van der Waals surface area contributed by atoms with Crippen molar-refractivity contribution in [3.8, 4) is 0 Å². The second-order valence-electron chi connectivity index (χ2n) is 4.92. The average molecular weight is 326 g/mol. The maximum absolute atomic E-state index is 13.3. The van der Waals surface area contributed by atoms with Crippen LogP contribution in [0.15, 0.2) is 16.9 Å². The molecule has 1 aliphatic carbocycles. The van der Waals surface area contributed by atoms with Gasteiger partial charge in [0.2, 0.25) is 0 Å². The van der Waals surface area contributed by atoms with E-state index in [9.17, 15) is 18.4 Å². The molecule has 6 nitrogen and oxygen atoms in total. The van der Waals surface area contributed by atoms with Crippen molar-refractivity contribution in [3.63, 3.8) is 0 Å². The molecular formula is C15H16F2N2O4. The molecule has 5 N–H and O–H groups in total. The van der Waals surface area contributed by atoms with Crippen molar-refractivity contribution in [2.45, 2.75) is 26.2 Å². The van der Waals surface area contributed by atoms with Gasteiger partial charge in [-0.2, -0.15) is 0 Å². The van der Waals surface area contributed by atoms with Gasteiger partial charge in [0, 0.05) is 30.0 Å². The molecule has 1 aromatic carbocycles. The van der Waals surface area contributed by atoms with Crippen molar-refractivity contribution < 1.29 is 23.5 Å². The van der Waals surface area contributed by atoms with Crippen LogP contribution in [0.1, 0.15) is 35.8 Å². The third-order valence-corrected chi connectivity index (χ3v) is 3.25. The molecule has 0 atom stereocenters. The van der Waals surface area contributed by atoms with E-state index in [1.165, 1.54) is 0 Å². The fourth-order valence-electron chi connectivity index (χ4n) is 2.43. The van der Waals surface area contributed by atoms with Crippen LogP contribution in [0, 0.1) is 11.6 Å². The van der Waals surface area contributed by atoms with Gasteiger partial charge in [-0.3, -0.25) is 14.4 Å². The Hall–Kier alpha value is -2.61. The summed E-state index contributed by atoms with van der Waals surface area (Å²) in [6.07, 6.45) is 1.61. The van der Waals surface area contributed by atoms with Crippen molar-refractivity contribution in [2.75, 3.05) is 0 Å². The summed E-state index contributed by atoms with van der Waals surface area (Å²) in [7, 11) is 0. The molecule has 2 aromatic rings. The number of hydrogen-bond donors (Lipinski definition) is 3. The number of carboxylic acids is 1. The van der Waals surface area contributed by atoms with E-state index in [1.807, 2.05) is 0 Å². The number of halogens is 2. The van der Waals surface area contributed by atoms with Gasteiger partial charge in [-0.1, -0.05) is 0 Å². The molecule has 3 rings (SSSR count).